The molecule has 0 radical (unpaired) electrons. The Kier molecular flexibility index (Phi) is 4.79. The SMILES string of the molecule is Cc1cccc(Nc2ncnc(Nc3cc(C)ccc3C)c2[N+](=O)[O-])c1. The monoisotopic (exact) mass is 349 g/mol. The van der Waals surface area contributed by atoms with Gasteiger partial charge >= 0.3 is 5.69 Å². The number of aromatic nitrogens is 2. The first-order valence-corrected chi connectivity index (χ1v) is 8.11. The molecule has 7 nitrogen and oxygen atoms in total. The molecule has 132 valence electrons. The summed E-state index contributed by atoms with van der Waals surface area (Å²) in [5.74, 6) is 0.289. The van der Waals surface area contributed by atoms with Gasteiger partial charge in [0.2, 0.25) is 11.6 Å². The van der Waals surface area contributed by atoms with Crippen LogP contribution in [0.25, 0.3) is 0 Å². The molecule has 2 N–H and O–H groups in total. The van der Waals surface area contributed by atoms with Gasteiger partial charge in [0.25, 0.3) is 0 Å². The van der Waals surface area contributed by atoms with Crippen molar-refractivity contribution in [2.75, 3.05) is 10.6 Å². The Morgan fingerprint density at radius 3 is 2.31 bits per heavy atom. The molecule has 0 spiro atoms. The summed E-state index contributed by atoms with van der Waals surface area (Å²) in [6, 6.07) is 13.4. The lowest BCUT2D eigenvalue weighted by molar-refractivity contribution is -0.383. The minimum atomic E-state index is -0.481. The number of rotatable bonds is 5. The Labute approximate surface area is 151 Å². The van der Waals surface area contributed by atoms with Crippen LogP contribution >= 0.6 is 0 Å². The van der Waals surface area contributed by atoms with Crippen LogP contribution in [-0.4, -0.2) is 14.9 Å². The highest BCUT2D eigenvalue weighted by atomic mass is 16.6. The summed E-state index contributed by atoms with van der Waals surface area (Å²) < 4.78 is 0. The summed E-state index contributed by atoms with van der Waals surface area (Å²) in [5, 5.41) is 17.8. The van der Waals surface area contributed by atoms with Gasteiger partial charge in [-0.1, -0.05) is 24.3 Å². The maximum Gasteiger partial charge on any atom is 0.353 e. The third-order valence-electron chi connectivity index (χ3n) is 3.93. The summed E-state index contributed by atoms with van der Waals surface area (Å²) in [6.07, 6.45) is 1.30. The van der Waals surface area contributed by atoms with E-state index in [0.717, 1.165) is 28.1 Å². The van der Waals surface area contributed by atoms with Gasteiger partial charge in [-0.3, -0.25) is 10.1 Å². The largest absolute Gasteiger partial charge is 0.353 e. The molecule has 0 amide bonds. The van der Waals surface area contributed by atoms with Crippen molar-refractivity contribution in [2.45, 2.75) is 20.8 Å². The lowest BCUT2D eigenvalue weighted by Crippen LogP contribution is -2.06. The molecule has 2 aromatic carbocycles. The molecule has 0 atom stereocenters. The van der Waals surface area contributed by atoms with E-state index in [1.807, 2.05) is 63.2 Å². The van der Waals surface area contributed by atoms with Gasteiger partial charge in [-0.15, -0.1) is 0 Å². The summed E-state index contributed by atoms with van der Waals surface area (Å²) >= 11 is 0. The van der Waals surface area contributed by atoms with Gasteiger partial charge in [-0.25, -0.2) is 9.97 Å². The molecule has 0 aliphatic heterocycles. The molecule has 0 saturated carbocycles. The summed E-state index contributed by atoms with van der Waals surface area (Å²) in [7, 11) is 0. The van der Waals surface area contributed by atoms with Crippen molar-refractivity contribution in [3.05, 3.63) is 75.6 Å². The number of nitrogens with zero attached hydrogens (tertiary/aromatic N) is 3. The Balaban J connectivity index is 2.01. The van der Waals surface area contributed by atoms with Crippen LogP contribution in [0.2, 0.25) is 0 Å². The average Bonchev–Trinajstić information content (AvgIpc) is 2.58. The molecular formula is C19H19N5O2. The normalized spacial score (nSPS) is 10.4. The topological polar surface area (TPSA) is 93.0 Å². The maximum absolute atomic E-state index is 11.7. The van der Waals surface area contributed by atoms with Crippen LogP contribution < -0.4 is 10.6 Å². The molecule has 0 unspecified atom stereocenters. The van der Waals surface area contributed by atoms with Crippen LogP contribution in [0.1, 0.15) is 16.7 Å². The fraction of sp³-hybridized carbons (Fsp3) is 0.158. The first-order valence-electron chi connectivity index (χ1n) is 8.11. The smallest absolute Gasteiger partial charge is 0.334 e. The van der Waals surface area contributed by atoms with E-state index in [4.69, 9.17) is 0 Å². The van der Waals surface area contributed by atoms with Crippen molar-refractivity contribution >= 4 is 28.7 Å². The van der Waals surface area contributed by atoms with E-state index in [2.05, 4.69) is 20.6 Å². The van der Waals surface area contributed by atoms with Crippen LogP contribution in [0.4, 0.5) is 28.7 Å². The van der Waals surface area contributed by atoms with Gasteiger partial charge in [-0.05, 0) is 55.7 Å². The van der Waals surface area contributed by atoms with E-state index in [-0.39, 0.29) is 17.3 Å². The van der Waals surface area contributed by atoms with Crippen molar-refractivity contribution < 1.29 is 4.92 Å². The lowest BCUT2D eigenvalue weighted by atomic mass is 10.1. The van der Waals surface area contributed by atoms with Crippen molar-refractivity contribution in [1.29, 1.82) is 0 Å². The Morgan fingerprint density at radius 1 is 0.923 bits per heavy atom. The summed E-state index contributed by atoms with van der Waals surface area (Å²) in [5.41, 5.74) is 4.36. The molecule has 3 rings (SSSR count). The van der Waals surface area contributed by atoms with E-state index >= 15 is 0 Å². The van der Waals surface area contributed by atoms with Crippen LogP contribution in [0.5, 0.6) is 0 Å². The van der Waals surface area contributed by atoms with Gasteiger partial charge in [0.1, 0.15) is 6.33 Å². The minimum Gasteiger partial charge on any atom is -0.334 e. The maximum atomic E-state index is 11.7. The van der Waals surface area contributed by atoms with Crippen molar-refractivity contribution in [1.82, 2.24) is 9.97 Å². The molecule has 0 aliphatic rings. The highest BCUT2D eigenvalue weighted by Gasteiger charge is 2.23. The van der Waals surface area contributed by atoms with Gasteiger partial charge < -0.3 is 10.6 Å². The van der Waals surface area contributed by atoms with Crippen molar-refractivity contribution in [3.8, 4) is 0 Å². The van der Waals surface area contributed by atoms with Gasteiger partial charge in [0.05, 0.1) is 4.92 Å². The highest BCUT2D eigenvalue weighted by molar-refractivity contribution is 5.77. The summed E-state index contributed by atoms with van der Waals surface area (Å²) in [6.45, 7) is 5.84. The molecule has 0 saturated heterocycles. The van der Waals surface area contributed by atoms with E-state index in [0.29, 0.717) is 0 Å². The molecule has 1 aromatic heterocycles. The van der Waals surface area contributed by atoms with E-state index in [1.165, 1.54) is 6.33 Å². The average molecular weight is 349 g/mol. The number of nitrogens with one attached hydrogen (secondary N) is 2. The number of hydrogen-bond donors (Lipinski definition) is 2. The first-order chi connectivity index (χ1) is 12.4. The zero-order valence-electron chi connectivity index (χ0n) is 14.8. The number of benzene rings is 2. The fourth-order valence-electron chi connectivity index (χ4n) is 2.59. The van der Waals surface area contributed by atoms with Crippen molar-refractivity contribution in [3.63, 3.8) is 0 Å². The van der Waals surface area contributed by atoms with Crippen LogP contribution in [0.15, 0.2) is 48.8 Å². The Bertz CT molecular complexity index is 972. The van der Waals surface area contributed by atoms with E-state index in [9.17, 15) is 10.1 Å². The molecule has 1 heterocycles. The number of hydrogen-bond acceptors (Lipinski definition) is 6. The van der Waals surface area contributed by atoms with Crippen LogP contribution in [0, 0.1) is 30.9 Å². The molecular weight excluding hydrogens is 330 g/mol. The van der Waals surface area contributed by atoms with Crippen LogP contribution in [-0.2, 0) is 0 Å². The predicted octanol–water partition coefficient (Wildman–Crippen LogP) is 4.80. The lowest BCUT2D eigenvalue weighted by Gasteiger charge is -2.12. The number of anilines is 4. The third-order valence-corrected chi connectivity index (χ3v) is 3.93. The molecule has 0 bridgehead atoms. The van der Waals surface area contributed by atoms with E-state index in [1.54, 1.807) is 0 Å². The fourth-order valence-corrected chi connectivity index (χ4v) is 2.59. The molecule has 26 heavy (non-hydrogen) atoms. The molecule has 3 aromatic rings. The zero-order valence-corrected chi connectivity index (χ0v) is 14.8. The quantitative estimate of drug-likeness (QED) is 0.508. The second-order valence-electron chi connectivity index (χ2n) is 6.11. The predicted molar refractivity (Wildman–Crippen MR) is 102 cm³/mol. The van der Waals surface area contributed by atoms with Crippen LogP contribution in [0.3, 0.4) is 0 Å². The number of aryl methyl sites for hydroxylation is 3. The zero-order chi connectivity index (χ0) is 18.7. The number of nitro groups is 1. The third kappa shape index (κ3) is 3.77. The molecule has 0 fully saturated rings. The van der Waals surface area contributed by atoms with Gasteiger partial charge in [-0.2, -0.15) is 0 Å². The second kappa shape index (κ2) is 7.18. The Morgan fingerprint density at radius 2 is 1.62 bits per heavy atom. The first kappa shape index (κ1) is 17.3. The second-order valence-corrected chi connectivity index (χ2v) is 6.11. The molecule has 7 heteroatoms. The summed E-state index contributed by atoms with van der Waals surface area (Å²) in [4.78, 5) is 19.4. The van der Waals surface area contributed by atoms with Crippen molar-refractivity contribution in [2.24, 2.45) is 0 Å². The van der Waals surface area contributed by atoms with E-state index < -0.39 is 4.92 Å². The van der Waals surface area contributed by atoms with Gasteiger partial charge in [0.15, 0.2) is 0 Å². The minimum absolute atomic E-state index is 0.142. The molecule has 0 aliphatic carbocycles. The Hall–Kier alpha value is -3.48. The standard InChI is InChI=1S/C19H19N5O2/c1-12-5-4-6-15(9-12)22-18-17(24(25)26)19(21-11-20-18)23-16-10-13(2)7-8-14(16)3/h4-11H,1-3H3,(H2,20,21,22,23). The highest BCUT2D eigenvalue weighted by Crippen LogP contribution is 2.33. The van der Waals surface area contributed by atoms with Gasteiger partial charge in [0, 0.05) is 11.4 Å².